The number of rotatable bonds is 6. The minimum atomic E-state index is -0.554. The Morgan fingerprint density at radius 2 is 1.83 bits per heavy atom. The molecule has 7 heteroatoms. The fourth-order valence-corrected chi connectivity index (χ4v) is 2.25. The zero-order valence-corrected chi connectivity index (χ0v) is 15.4. The smallest absolute Gasteiger partial charge is 0.237 e. The summed E-state index contributed by atoms with van der Waals surface area (Å²) in [5, 5.41) is 2.88. The summed E-state index contributed by atoms with van der Waals surface area (Å²) in [5.74, 6) is 0.692. The van der Waals surface area contributed by atoms with Crippen molar-refractivity contribution in [2.75, 3.05) is 19.0 Å². The lowest BCUT2D eigenvalue weighted by Crippen LogP contribution is -2.41. The second kappa shape index (κ2) is 10.9. The van der Waals surface area contributed by atoms with E-state index in [1.54, 1.807) is 6.20 Å². The molecular weight excluding hydrogens is 347 g/mol. The van der Waals surface area contributed by atoms with Gasteiger partial charge in [0, 0.05) is 32.4 Å². The van der Waals surface area contributed by atoms with Crippen LogP contribution in [0.4, 0.5) is 5.82 Å². The molecule has 0 saturated carbocycles. The fourth-order valence-electron chi connectivity index (χ4n) is 2.25. The van der Waals surface area contributed by atoms with E-state index >= 15 is 0 Å². The number of pyridine rings is 1. The molecule has 0 aliphatic rings. The van der Waals surface area contributed by atoms with Crippen molar-refractivity contribution >= 4 is 36.5 Å². The van der Waals surface area contributed by atoms with Crippen LogP contribution >= 0.6 is 24.8 Å². The summed E-state index contributed by atoms with van der Waals surface area (Å²) in [7, 11) is 3.85. The molecule has 132 valence electrons. The molecule has 2 aromatic rings. The molecule has 1 aromatic carbocycles. The normalized spacial score (nSPS) is 10.8. The van der Waals surface area contributed by atoms with Crippen LogP contribution in [0, 0.1) is 0 Å². The highest BCUT2D eigenvalue weighted by Crippen LogP contribution is 2.13. The van der Waals surface area contributed by atoms with Gasteiger partial charge in [0.1, 0.15) is 5.82 Å². The lowest BCUT2D eigenvalue weighted by Gasteiger charge is -2.17. The first kappa shape index (κ1) is 22.2. The van der Waals surface area contributed by atoms with Gasteiger partial charge in [0.05, 0.1) is 6.04 Å². The van der Waals surface area contributed by atoms with E-state index in [0.29, 0.717) is 13.0 Å². The molecule has 2 rings (SSSR count). The number of carbonyl (C=O) groups excluding carboxylic acids is 1. The van der Waals surface area contributed by atoms with Crippen molar-refractivity contribution in [1.29, 1.82) is 0 Å². The number of anilines is 1. The average Bonchev–Trinajstić information content (AvgIpc) is 2.53. The predicted molar refractivity (Wildman–Crippen MR) is 103 cm³/mol. The topological polar surface area (TPSA) is 71.2 Å². The van der Waals surface area contributed by atoms with Crippen LogP contribution in [0.1, 0.15) is 11.1 Å². The highest BCUT2D eigenvalue weighted by atomic mass is 35.5. The highest BCUT2D eigenvalue weighted by molar-refractivity contribution is 5.85. The van der Waals surface area contributed by atoms with Gasteiger partial charge in [-0.25, -0.2) is 4.98 Å². The Morgan fingerprint density at radius 1 is 1.17 bits per heavy atom. The summed E-state index contributed by atoms with van der Waals surface area (Å²) in [5.41, 5.74) is 7.99. The number of hydrogen-bond acceptors (Lipinski definition) is 4. The van der Waals surface area contributed by atoms with Crippen molar-refractivity contribution in [1.82, 2.24) is 10.3 Å². The van der Waals surface area contributed by atoms with Crippen LogP contribution in [0.25, 0.3) is 0 Å². The van der Waals surface area contributed by atoms with Gasteiger partial charge in [-0.3, -0.25) is 4.79 Å². The Morgan fingerprint density at radius 3 is 2.46 bits per heavy atom. The monoisotopic (exact) mass is 370 g/mol. The molecule has 0 fully saturated rings. The molecule has 24 heavy (non-hydrogen) atoms. The molecule has 1 unspecified atom stereocenters. The van der Waals surface area contributed by atoms with Gasteiger partial charge in [-0.1, -0.05) is 36.4 Å². The zero-order valence-electron chi connectivity index (χ0n) is 13.8. The van der Waals surface area contributed by atoms with Crippen LogP contribution in [0.2, 0.25) is 0 Å². The van der Waals surface area contributed by atoms with Crippen molar-refractivity contribution < 1.29 is 4.79 Å². The van der Waals surface area contributed by atoms with Crippen LogP contribution < -0.4 is 16.0 Å². The summed E-state index contributed by atoms with van der Waals surface area (Å²) in [6, 6.07) is 13.0. The van der Waals surface area contributed by atoms with E-state index in [1.807, 2.05) is 61.5 Å². The first-order valence-electron chi connectivity index (χ1n) is 7.26. The van der Waals surface area contributed by atoms with Crippen LogP contribution in [0.15, 0.2) is 48.7 Å². The van der Waals surface area contributed by atoms with E-state index < -0.39 is 6.04 Å². The molecule has 1 amide bonds. The third-order valence-electron chi connectivity index (χ3n) is 3.38. The van der Waals surface area contributed by atoms with E-state index in [1.165, 1.54) is 0 Å². The van der Waals surface area contributed by atoms with E-state index in [2.05, 4.69) is 10.3 Å². The standard InChI is InChI=1S/C17H22N4O.2ClH/c1-21(2)16-14(9-6-10-19-16)12-20-17(22)15(18)11-13-7-4-3-5-8-13;;/h3-10,15H,11-12,18H2,1-2H3,(H,20,22);2*1H. The molecule has 1 heterocycles. The van der Waals surface area contributed by atoms with Crippen LogP contribution in [0.3, 0.4) is 0 Å². The minimum Gasteiger partial charge on any atom is -0.362 e. The highest BCUT2D eigenvalue weighted by Gasteiger charge is 2.14. The van der Waals surface area contributed by atoms with Crippen molar-refractivity contribution in [3.8, 4) is 0 Å². The van der Waals surface area contributed by atoms with Gasteiger partial charge in [0.25, 0.3) is 0 Å². The Balaban J connectivity index is 0.00000264. The number of halogens is 2. The molecule has 0 saturated heterocycles. The number of aromatic nitrogens is 1. The SMILES string of the molecule is CN(C)c1ncccc1CNC(=O)C(N)Cc1ccccc1.Cl.Cl. The van der Waals surface area contributed by atoms with Gasteiger partial charge >= 0.3 is 0 Å². The number of amides is 1. The number of hydrogen-bond donors (Lipinski definition) is 2. The Kier molecular flexibility index (Phi) is 10.0. The summed E-state index contributed by atoms with van der Waals surface area (Å²) >= 11 is 0. The third kappa shape index (κ3) is 6.35. The number of carbonyl (C=O) groups is 1. The summed E-state index contributed by atoms with van der Waals surface area (Å²) in [6.45, 7) is 0.419. The quantitative estimate of drug-likeness (QED) is 0.817. The maximum atomic E-state index is 12.1. The van der Waals surface area contributed by atoms with E-state index in [-0.39, 0.29) is 30.7 Å². The number of benzene rings is 1. The summed E-state index contributed by atoms with van der Waals surface area (Å²) in [6.07, 6.45) is 2.27. The third-order valence-corrected chi connectivity index (χ3v) is 3.38. The largest absolute Gasteiger partial charge is 0.362 e. The van der Waals surface area contributed by atoms with E-state index in [9.17, 15) is 4.79 Å². The Hall–Kier alpha value is -1.82. The molecule has 0 spiro atoms. The van der Waals surface area contributed by atoms with Crippen molar-refractivity contribution in [2.45, 2.75) is 19.0 Å². The van der Waals surface area contributed by atoms with Gasteiger partial charge in [0.2, 0.25) is 5.91 Å². The van der Waals surface area contributed by atoms with Crippen LogP contribution in [-0.2, 0) is 17.8 Å². The first-order chi connectivity index (χ1) is 10.6. The number of nitrogens with two attached hydrogens (primary N) is 1. The zero-order chi connectivity index (χ0) is 15.9. The summed E-state index contributed by atoms with van der Waals surface area (Å²) in [4.78, 5) is 18.4. The predicted octanol–water partition coefficient (Wildman–Crippen LogP) is 2.18. The molecule has 5 nitrogen and oxygen atoms in total. The molecule has 0 bridgehead atoms. The summed E-state index contributed by atoms with van der Waals surface area (Å²) < 4.78 is 0. The lowest BCUT2D eigenvalue weighted by molar-refractivity contribution is -0.122. The van der Waals surface area contributed by atoms with Crippen molar-refractivity contribution in [2.24, 2.45) is 5.73 Å². The van der Waals surface area contributed by atoms with Gasteiger partial charge in [0.15, 0.2) is 0 Å². The molecule has 3 N–H and O–H groups in total. The van der Waals surface area contributed by atoms with Gasteiger partial charge in [-0.15, -0.1) is 24.8 Å². The number of nitrogens with zero attached hydrogens (tertiary/aromatic N) is 2. The molecule has 1 aromatic heterocycles. The molecule has 0 aliphatic carbocycles. The lowest BCUT2D eigenvalue weighted by atomic mass is 10.1. The molecule has 0 aliphatic heterocycles. The van der Waals surface area contributed by atoms with Gasteiger partial charge in [-0.05, 0) is 18.1 Å². The van der Waals surface area contributed by atoms with Gasteiger partial charge < -0.3 is 16.0 Å². The van der Waals surface area contributed by atoms with Gasteiger partial charge in [-0.2, -0.15) is 0 Å². The molecule has 0 radical (unpaired) electrons. The second-order valence-electron chi connectivity index (χ2n) is 5.39. The number of nitrogens with one attached hydrogen (secondary N) is 1. The maximum absolute atomic E-state index is 12.1. The second-order valence-corrected chi connectivity index (χ2v) is 5.39. The van der Waals surface area contributed by atoms with Crippen molar-refractivity contribution in [3.05, 3.63) is 59.8 Å². The van der Waals surface area contributed by atoms with Crippen LogP contribution in [-0.4, -0.2) is 31.0 Å². The first-order valence-corrected chi connectivity index (χ1v) is 7.26. The van der Waals surface area contributed by atoms with E-state index in [0.717, 1.165) is 16.9 Å². The molecule has 1 atom stereocenters. The van der Waals surface area contributed by atoms with Crippen molar-refractivity contribution in [3.63, 3.8) is 0 Å². The van der Waals surface area contributed by atoms with Crippen LogP contribution in [0.5, 0.6) is 0 Å². The average molecular weight is 371 g/mol. The van der Waals surface area contributed by atoms with E-state index in [4.69, 9.17) is 5.73 Å². The Bertz CT molecular complexity index is 623. The fraction of sp³-hybridized carbons (Fsp3) is 0.294. The molecular formula is C17H24Cl2N4O. The minimum absolute atomic E-state index is 0. The Labute approximate surface area is 155 Å². The maximum Gasteiger partial charge on any atom is 0.237 e.